The minimum atomic E-state index is 0.148. The maximum absolute atomic E-state index is 5.96. The van der Waals surface area contributed by atoms with E-state index < -0.39 is 0 Å². The summed E-state index contributed by atoms with van der Waals surface area (Å²) in [5.41, 5.74) is 0.148. The summed E-state index contributed by atoms with van der Waals surface area (Å²) in [6.07, 6.45) is 9.19. The first kappa shape index (κ1) is 16.0. The average Bonchev–Trinajstić information content (AvgIpc) is 2.96. The van der Waals surface area contributed by atoms with Gasteiger partial charge in [-0.05, 0) is 50.6 Å². The van der Waals surface area contributed by atoms with Crippen LogP contribution in [0.5, 0.6) is 0 Å². The highest BCUT2D eigenvalue weighted by molar-refractivity contribution is 5.11. The summed E-state index contributed by atoms with van der Waals surface area (Å²) in [6, 6.07) is 0. The number of aryl methyl sites for hydroxylation is 1. The predicted octanol–water partition coefficient (Wildman–Crippen LogP) is 3.95. The van der Waals surface area contributed by atoms with E-state index in [0.29, 0.717) is 0 Å². The van der Waals surface area contributed by atoms with Gasteiger partial charge in [0.1, 0.15) is 0 Å². The number of aromatic nitrogens is 2. The molecule has 1 saturated carbocycles. The zero-order valence-corrected chi connectivity index (χ0v) is 14.5. The topological polar surface area (TPSA) is 42.2 Å². The van der Waals surface area contributed by atoms with Crippen molar-refractivity contribution < 1.29 is 4.42 Å². The molecule has 0 spiro atoms. The molecular formula is C18H31N3O. The van der Waals surface area contributed by atoms with Crippen LogP contribution in [0.4, 0.5) is 0 Å². The Kier molecular flexibility index (Phi) is 4.86. The van der Waals surface area contributed by atoms with Crippen LogP contribution in [0.3, 0.4) is 0 Å². The summed E-state index contributed by atoms with van der Waals surface area (Å²) >= 11 is 0. The smallest absolute Gasteiger partial charge is 0.223 e. The third kappa shape index (κ3) is 3.22. The van der Waals surface area contributed by atoms with Gasteiger partial charge in [0.2, 0.25) is 11.8 Å². The monoisotopic (exact) mass is 305 g/mol. The standard InChI is InChI=1S/C18H31N3O/c1-14(2)13-21-11-9-18(10-12-21,16-7-5-4-6-8-16)17-20-19-15(3)22-17/h14,16H,4-13H2,1-3H3. The second kappa shape index (κ2) is 6.69. The summed E-state index contributed by atoms with van der Waals surface area (Å²) in [7, 11) is 0. The lowest BCUT2D eigenvalue weighted by atomic mass is 9.63. The molecule has 22 heavy (non-hydrogen) atoms. The fourth-order valence-corrected chi connectivity index (χ4v) is 4.60. The Bertz CT molecular complexity index is 468. The van der Waals surface area contributed by atoms with Crippen molar-refractivity contribution in [2.45, 2.75) is 71.1 Å². The Hall–Kier alpha value is -0.900. The first-order chi connectivity index (χ1) is 10.6. The molecule has 0 aromatic carbocycles. The molecule has 4 heteroatoms. The molecule has 1 aliphatic heterocycles. The number of nitrogens with zero attached hydrogens (tertiary/aromatic N) is 3. The van der Waals surface area contributed by atoms with Crippen LogP contribution in [0.25, 0.3) is 0 Å². The Morgan fingerprint density at radius 2 is 1.82 bits per heavy atom. The SMILES string of the molecule is Cc1nnc(C2(C3CCCCC3)CCN(CC(C)C)CC2)o1. The summed E-state index contributed by atoms with van der Waals surface area (Å²) in [6.45, 7) is 10.1. The van der Waals surface area contributed by atoms with Gasteiger partial charge >= 0.3 is 0 Å². The lowest BCUT2D eigenvalue weighted by Crippen LogP contribution is -2.48. The van der Waals surface area contributed by atoms with Gasteiger partial charge in [-0.25, -0.2) is 0 Å². The van der Waals surface area contributed by atoms with Crippen LogP contribution in [-0.2, 0) is 5.41 Å². The predicted molar refractivity (Wildman–Crippen MR) is 87.8 cm³/mol. The second-order valence-electron chi connectivity index (χ2n) is 7.81. The van der Waals surface area contributed by atoms with Crippen LogP contribution in [-0.4, -0.2) is 34.7 Å². The normalized spacial score (nSPS) is 24.0. The quantitative estimate of drug-likeness (QED) is 0.844. The highest BCUT2D eigenvalue weighted by Gasteiger charge is 2.46. The van der Waals surface area contributed by atoms with Gasteiger partial charge in [0.05, 0.1) is 5.41 Å². The van der Waals surface area contributed by atoms with Crippen molar-refractivity contribution in [2.24, 2.45) is 11.8 Å². The highest BCUT2D eigenvalue weighted by atomic mass is 16.4. The van der Waals surface area contributed by atoms with E-state index in [9.17, 15) is 0 Å². The van der Waals surface area contributed by atoms with Crippen molar-refractivity contribution in [3.05, 3.63) is 11.8 Å². The minimum absolute atomic E-state index is 0.148. The third-order valence-corrected chi connectivity index (χ3v) is 5.71. The molecule has 1 aromatic heterocycles. The first-order valence-corrected chi connectivity index (χ1v) is 9.13. The van der Waals surface area contributed by atoms with Crippen molar-refractivity contribution in [3.8, 4) is 0 Å². The lowest BCUT2D eigenvalue weighted by Gasteiger charge is -2.46. The fourth-order valence-electron chi connectivity index (χ4n) is 4.60. The molecule has 1 aromatic rings. The zero-order valence-electron chi connectivity index (χ0n) is 14.5. The molecule has 2 heterocycles. The molecule has 1 saturated heterocycles. The van der Waals surface area contributed by atoms with Crippen LogP contribution in [0, 0.1) is 18.8 Å². The van der Waals surface area contributed by atoms with Gasteiger partial charge in [0, 0.05) is 13.5 Å². The molecule has 0 bridgehead atoms. The Morgan fingerprint density at radius 3 is 2.36 bits per heavy atom. The van der Waals surface area contributed by atoms with Crippen molar-refractivity contribution in [1.82, 2.24) is 15.1 Å². The van der Waals surface area contributed by atoms with Crippen molar-refractivity contribution in [2.75, 3.05) is 19.6 Å². The van der Waals surface area contributed by atoms with Crippen LogP contribution >= 0.6 is 0 Å². The minimum Gasteiger partial charge on any atom is -0.425 e. The average molecular weight is 305 g/mol. The van der Waals surface area contributed by atoms with Gasteiger partial charge in [-0.15, -0.1) is 10.2 Å². The van der Waals surface area contributed by atoms with E-state index in [-0.39, 0.29) is 5.41 Å². The van der Waals surface area contributed by atoms with Crippen LogP contribution in [0.15, 0.2) is 4.42 Å². The van der Waals surface area contributed by atoms with Crippen LogP contribution < -0.4 is 0 Å². The van der Waals surface area contributed by atoms with Gasteiger partial charge in [0.25, 0.3) is 0 Å². The summed E-state index contributed by atoms with van der Waals surface area (Å²) < 4.78 is 5.96. The number of hydrogen-bond donors (Lipinski definition) is 0. The maximum Gasteiger partial charge on any atom is 0.223 e. The summed E-state index contributed by atoms with van der Waals surface area (Å²) in [5.74, 6) is 3.13. The van der Waals surface area contributed by atoms with Crippen molar-refractivity contribution >= 4 is 0 Å². The molecule has 0 N–H and O–H groups in total. The molecule has 0 atom stereocenters. The molecule has 3 rings (SSSR count). The zero-order chi connectivity index (χ0) is 15.6. The first-order valence-electron chi connectivity index (χ1n) is 9.13. The van der Waals surface area contributed by atoms with E-state index in [1.165, 1.54) is 64.6 Å². The Balaban J connectivity index is 1.79. The number of likely N-dealkylation sites (tertiary alicyclic amines) is 1. The summed E-state index contributed by atoms with van der Waals surface area (Å²) in [5, 5.41) is 8.61. The van der Waals surface area contributed by atoms with Gasteiger partial charge in [-0.2, -0.15) is 0 Å². The van der Waals surface area contributed by atoms with E-state index in [2.05, 4.69) is 28.9 Å². The van der Waals surface area contributed by atoms with E-state index in [0.717, 1.165) is 23.6 Å². The molecule has 0 amide bonds. The van der Waals surface area contributed by atoms with Crippen molar-refractivity contribution in [1.29, 1.82) is 0 Å². The van der Waals surface area contributed by atoms with Gasteiger partial charge in [-0.3, -0.25) is 0 Å². The van der Waals surface area contributed by atoms with Gasteiger partial charge < -0.3 is 9.32 Å². The molecule has 0 unspecified atom stereocenters. The highest BCUT2D eigenvalue weighted by Crippen LogP contribution is 2.47. The molecule has 124 valence electrons. The fraction of sp³-hybridized carbons (Fsp3) is 0.889. The van der Waals surface area contributed by atoms with E-state index in [1.54, 1.807) is 0 Å². The van der Waals surface area contributed by atoms with Gasteiger partial charge in [0.15, 0.2) is 0 Å². The Labute approximate surface area is 134 Å². The van der Waals surface area contributed by atoms with E-state index in [1.807, 2.05) is 6.92 Å². The largest absolute Gasteiger partial charge is 0.425 e. The molecule has 2 fully saturated rings. The van der Waals surface area contributed by atoms with Crippen LogP contribution in [0.2, 0.25) is 0 Å². The van der Waals surface area contributed by atoms with E-state index >= 15 is 0 Å². The van der Waals surface area contributed by atoms with Crippen LogP contribution in [0.1, 0.15) is 70.6 Å². The van der Waals surface area contributed by atoms with E-state index in [4.69, 9.17) is 4.42 Å². The molecule has 0 radical (unpaired) electrons. The lowest BCUT2D eigenvalue weighted by molar-refractivity contribution is 0.0661. The molecular weight excluding hydrogens is 274 g/mol. The molecule has 1 aliphatic carbocycles. The molecule has 2 aliphatic rings. The maximum atomic E-state index is 5.96. The third-order valence-electron chi connectivity index (χ3n) is 5.71. The Morgan fingerprint density at radius 1 is 1.14 bits per heavy atom. The van der Waals surface area contributed by atoms with Gasteiger partial charge in [-0.1, -0.05) is 33.1 Å². The summed E-state index contributed by atoms with van der Waals surface area (Å²) in [4.78, 5) is 2.62. The number of hydrogen-bond acceptors (Lipinski definition) is 4. The molecule has 4 nitrogen and oxygen atoms in total. The second-order valence-corrected chi connectivity index (χ2v) is 7.81. The number of rotatable bonds is 4. The number of piperidine rings is 1. The van der Waals surface area contributed by atoms with Crippen molar-refractivity contribution in [3.63, 3.8) is 0 Å².